The first-order chi connectivity index (χ1) is 8.13. The Bertz CT molecular complexity index is 461. The molecule has 6 nitrogen and oxygen atoms in total. The van der Waals surface area contributed by atoms with Gasteiger partial charge in [-0.1, -0.05) is 0 Å². The van der Waals surface area contributed by atoms with E-state index >= 15 is 0 Å². The molecule has 17 heavy (non-hydrogen) atoms. The molecular formula is C11H13N3O3. The Morgan fingerprint density at radius 3 is 3.00 bits per heavy atom. The summed E-state index contributed by atoms with van der Waals surface area (Å²) in [7, 11) is 1.51. The maximum Gasteiger partial charge on any atom is 0.254 e. The number of rotatable bonds is 2. The fourth-order valence-corrected chi connectivity index (χ4v) is 1.82. The molecule has 0 radical (unpaired) electrons. The van der Waals surface area contributed by atoms with E-state index in [2.05, 4.69) is 10.3 Å². The van der Waals surface area contributed by atoms with Crippen LogP contribution in [0.5, 0.6) is 0 Å². The van der Waals surface area contributed by atoms with Gasteiger partial charge in [-0.05, 0) is 12.1 Å². The predicted octanol–water partition coefficient (Wildman–Crippen LogP) is -0.461. The number of hydrogen-bond acceptors (Lipinski definition) is 4. The molecule has 0 spiro atoms. The number of carbonyl (C=O) groups is 2. The van der Waals surface area contributed by atoms with Crippen molar-refractivity contribution in [2.75, 3.05) is 18.5 Å². The second kappa shape index (κ2) is 4.50. The van der Waals surface area contributed by atoms with Crippen molar-refractivity contribution in [3.63, 3.8) is 0 Å². The molecule has 1 fully saturated rings. The molecule has 1 aliphatic rings. The number of β-amino-alcohol motifs (C(OH)–C–C–N with tert-alkyl or cyclic N) is 1. The SMILES string of the molecule is CNC(=O)c1cccnc1N1CC(O)CC1=O. The molecule has 2 amide bonds. The van der Waals surface area contributed by atoms with E-state index in [1.54, 1.807) is 12.1 Å². The molecule has 1 aromatic rings. The molecular weight excluding hydrogens is 222 g/mol. The molecule has 6 heteroatoms. The van der Waals surface area contributed by atoms with Gasteiger partial charge in [-0.25, -0.2) is 4.98 Å². The van der Waals surface area contributed by atoms with E-state index in [0.717, 1.165) is 0 Å². The molecule has 90 valence electrons. The first kappa shape index (κ1) is 11.5. The molecule has 1 aliphatic heterocycles. The lowest BCUT2D eigenvalue weighted by molar-refractivity contribution is -0.117. The summed E-state index contributed by atoms with van der Waals surface area (Å²) in [4.78, 5) is 28.7. The van der Waals surface area contributed by atoms with Crippen LogP contribution in [0.2, 0.25) is 0 Å². The molecule has 1 saturated heterocycles. The van der Waals surface area contributed by atoms with Crippen LogP contribution in [-0.2, 0) is 4.79 Å². The highest BCUT2D eigenvalue weighted by molar-refractivity contribution is 6.04. The zero-order valence-electron chi connectivity index (χ0n) is 9.38. The van der Waals surface area contributed by atoms with Crippen molar-refractivity contribution in [2.45, 2.75) is 12.5 Å². The zero-order valence-corrected chi connectivity index (χ0v) is 9.38. The number of carbonyl (C=O) groups excluding carboxylic acids is 2. The number of pyridine rings is 1. The van der Waals surface area contributed by atoms with Crippen LogP contribution in [0.3, 0.4) is 0 Å². The fraction of sp³-hybridized carbons (Fsp3) is 0.364. The van der Waals surface area contributed by atoms with Crippen molar-refractivity contribution < 1.29 is 14.7 Å². The van der Waals surface area contributed by atoms with Crippen LogP contribution in [0, 0.1) is 0 Å². The van der Waals surface area contributed by atoms with Gasteiger partial charge in [-0.3, -0.25) is 14.5 Å². The van der Waals surface area contributed by atoms with Crippen LogP contribution < -0.4 is 10.2 Å². The van der Waals surface area contributed by atoms with E-state index < -0.39 is 6.10 Å². The molecule has 0 aliphatic carbocycles. The van der Waals surface area contributed by atoms with Gasteiger partial charge in [0.25, 0.3) is 5.91 Å². The summed E-state index contributed by atoms with van der Waals surface area (Å²) < 4.78 is 0. The van der Waals surface area contributed by atoms with Gasteiger partial charge < -0.3 is 10.4 Å². The predicted molar refractivity (Wildman–Crippen MR) is 60.6 cm³/mol. The Labute approximate surface area is 98.3 Å². The minimum atomic E-state index is -0.693. The maximum absolute atomic E-state index is 11.6. The summed E-state index contributed by atoms with van der Waals surface area (Å²) in [5.74, 6) is -0.225. The molecule has 2 rings (SSSR count). The Balaban J connectivity index is 2.38. The van der Waals surface area contributed by atoms with Gasteiger partial charge in [0.2, 0.25) is 5.91 Å². The first-order valence-electron chi connectivity index (χ1n) is 5.29. The molecule has 1 aromatic heterocycles. The molecule has 0 aromatic carbocycles. The molecule has 0 bridgehead atoms. The highest BCUT2D eigenvalue weighted by Crippen LogP contribution is 2.22. The van der Waals surface area contributed by atoms with E-state index in [0.29, 0.717) is 11.4 Å². The van der Waals surface area contributed by atoms with Crippen molar-refractivity contribution in [1.82, 2.24) is 10.3 Å². The Morgan fingerprint density at radius 1 is 1.65 bits per heavy atom. The smallest absolute Gasteiger partial charge is 0.254 e. The first-order valence-corrected chi connectivity index (χ1v) is 5.29. The van der Waals surface area contributed by atoms with Crippen LogP contribution in [0.4, 0.5) is 5.82 Å². The van der Waals surface area contributed by atoms with Crippen LogP contribution in [0.15, 0.2) is 18.3 Å². The van der Waals surface area contributed by atoms with E-state index in [1.165, 1.54) is 18.1 Å². The van der Waals surface area contributed by atoms with Gasteiger partial charge >= 0.3 is 0 Å². The standard InChI is InChI=1S/C11H13N3O3/c1-12-11(17)8-3-2-4-13-10(8)14-6-7(15)5-9(14)16/h2-4,7,15H,5-6H2,1H3,(H,12,17). The summed E-state index contributed by atoms with van der Waals surface area (Å²) in [6, 6.07) is 3.23. The number of amides is 2. The molecule has 0 saturated carbocycles. The third-order valence-corrected chi connectivity index (χ3v) is 2.62. The number of aliphatic hydroxyl groups excluding tert-OH is 1. The molecule has 2 N–H and O–H groups in total. The number of hydrogen-bond donors (Lipinski definition) is 2. The Morgan fingerprint density at radius 2 is 2.41 bits per heavy atom. The zero-order chi connectivity index (χ0) is 12.4. The van der Waals surface area contributed by atoms with Crippen LogP contribution >= 0.6 is 0 Å². The lowest BCUT2D eigenvalue weighted by Gasteiger charge is -2.17. The minimum Gasteiger partial charge on any atom is -0.391 e. The summed E-state index contributed by atoms with van der Waals surface area (Å²) in [6.45, 7) is 0.180. The van der Waals surface area contributed by atoms with Gasteiger partial charge in [0, 0.05) is 13.2 Å². The van der Waals surface area contributed by atoms with E-state index in [9.17, 15) is 14.7 Å². The number of anilines is 1. The monoisotopic (exact) mass is 235 g/mol. The highest BCUT2D eigenvalue weighted by atomic mass is 16.3. The van der Waals surface area contributed by atoms with Crippen molar-refractivity contribution in [3.8, 4) is 0 Å². The van der Waals surface area contributed by atoms with Gasteiger partial charge in [0.15, 0.2) is 0 Å². The normalized spacial score (nSPS) is 19.5. The third kappa shape index (κ3) is 2.12. The average Bonchev–Trinajstić information content (AvgIpc) is 2.67. The van der Waals surface area contributed by atoms with Gasteiger partial charge in [-0.2, -0.15) is 0 Å². The van der Waals surface area contributed by atoms with Gasteiger partial charge in [-0.15, -0.1) is 0 Å². The van der Waals surface area contributed by atoms with E-state index in [4.69, 9.17) is 0 Å². The lowest BCUT2D eigenvalue weighted by atomic mass is 10.2. The second-order valence-corrected chi connectivity index (χ2v) is 3.82. The highest BCUT2D eigenvalue weighted by Gasteiger charge is 2.32. The lowest BCUT2D eigenvalue weighted by Crippen LogP contribution is -2.30. The number of aromatic nitrogens is 1. The number of nitrogens with one attached hydrogen (secondary N) is 1. The Kier molecular flexibility index (Phi) is 3.06. The topological polar surface area (TPSA) is 82.5 Å². The summed E-state index contributed by atoms with van der Waals surface area (Å²) in [6.07, 6.45) is 0.894. The summed E-state index contributed by atoms with van der Waals surface area (Å²) >= 11 is 0. The third-order valence-electron chi connectivity index (χ3n) is 2.62. The van der Waals surface area contributed by atoms with Crippen LogP contribution in [-0.4, -0.2) is 41.6 Å². The Hall–Kier alpha value is -1.95. The van der Waals surface area contributed by atoms with Crippen molar-refractivity contribution >= 4 is 17.6 Å². The molecule has 1 atom stereocenters. The van der Waals surface area contributed by atoms with E-state index in [-0.39, 0.29) is 24.8 Å². The van der Waals surface area contributed by atoms with Crippen molar-refractivity contribution in [3.05, 3.63) is 23.9 Å². The van der Waals surface area contributed by atoms with Gasteiger partial charge in [0.1, 0.15) is 5.82 Å². The maximum atomic E-state index is 11.6. The van der Waals surface area contributed by atoms with Crippen LogP contribution in [0.1, 0.15) is 16.8 Å². The molecule has 2 heterocycles. The van der Waals surface area contributed by atoms with Crippen molar-refractivity contribution in [2.24, 2.45) is 0 Å². The van der Waals surface area contributed by atoms with Crippen molar-refractivity contribution in [1.29, 1.82) is 0 Å². The second-order valence-electron chi connectivity index (χ2n) is 3.82. The summed E-state index contributed by atoms with van der Waals surface area (Å²) in [5, 5.41) is 11.9. The van der Waals surface area contributed by atoms with Crippen LogP contribution in [0.25, 0.3) is 0 Å². The number of aliphatic hydroxyl groups is 1. The molecule has 1 unspecified atom stereocenters. The van der Waals surface area contributed by atoms with Gasteiger partial charge in [0.05, 0.1) is 24.6 Å². The fourth-order valence-electron chi connectivity index (χ4n) is 1.82. The van der Waals surface area contributed by atoms with E-state index in [1.807, 2.05) is 0 Å². The minimum absolute atomic E-state index is 0.0732. The quantitative estimate of drug-likeness (QED) is 0.726. The summed E-state index contributed by atoms with van der Waals surface area (Å²) in [5.41, 5.74) is 0.331. The number of nitrogens with zero attached hydrogens (tertiary/aromatic N) is 2. The largest absolute Gasteiger partial charge is 0.391 e. The average molecular weight is 235 g/mol.